The van der Waals surface area contributed by atoms with Gasteiger partial charge in [-0.3, -0.25) is 0 Å². The number of sulfonamides is 1. The summed E-state index contributed by atoms with van der Waals surface area (Å²) in [6.45, 7) is 3.28. The largest absolute Gasteiger partial charge is 0.497 e. The number of halogens is 2. The van der Waals surface area contributed by atoms with Gasteiger partial charge < -0.3 is 14.3 Å². The highest BCUT2D eigenvalue weighted by Crippen LogP contribution is 2.37. The third-order valence-corrected chi connectivity index (χ3v) is 9.21. The molecule has 0 bridgehead atoms. The molecular weight excluding hydrogens is 545 g/mol. The van der Waals surface area contributed by atoms with E-state index in [4.69, 9.17) is 16.3 Å². The Morgan fingerprint density at radius 3 is 2.69 bits per heavy atom. The minimum atomic E-state index is -3.52. The van der Waals surface area contributed by atoms with Crippen LogP contribution in [0, 0.1) is 11.7 Å². The highest BCUT2D eigenvalue weighted by molar-refractivity contribution is 7.89. The van der Waals surface area contributed by atoms with Crippen LogP contribution in [0.25, 0.3) is 11.5 Å². The van der Waals surface area contributed by atoms with E-state index in [1.165, 1.54) is 12.1 Å². The van der Waals surface area contributed by atoms with Gasteiger partial charge in [0.05, 0.1) is 31.3 Å². The summed E-state index contributed by atoms with van der Waals surface area (Å²) in [5.74, 6) is 1.34. The van der Waals surface area contributed by atoms with Gasteiger partial charge >= 0.3 is 0 Å². The number of nitrogens with one attached hydrogen (secondary N) is 1. The van der Waals surface area contributed by atoms with E-state index in [-0.39, 0.29) is 24.0 Å². The Bertz CT molecular complexity index is 1520. The van der Waals surface area contributed by atoms with Crippen LogP contribution in [0.2, 0.25) is 5.15 Å². The molecule has 0 aliphatic carbocycles. The van der Waals surface area contributed by atoms with Crippen molar-refractivity contribution in [2.45, 2.75) is 32.2 Å². The van der Waals surface area contributed by atoms with Gasteiger partial charge in [0.1, 0.15) is 29.4 Å². The van der Waals surface area contributed by atoms with Gasteiger partial charge in [-0.1, -0.05) is 30.7 Å². The Labute approximate surface area is 231 Å². The number of nitrogens with zero attached hydrogens (tertiary/aromatic N) is 6. The number of hydrogen-bond acceptors (Lipinski definition) is 7. The summed E-state index contributed by atoms with van der Waals surface area (Å²) < 4.78 is 48.4. The minimum Gasteiger partial charge on any atom is -0.497 e. The molecule has 1 N–H and O–H groups in total. The van der Waals surface area contributed by atoms with Gasteiger partial charge in [-0.25, -0.2) is 27.1 Å². The first-order chi connectivity index (χ1) is 18.7. The molecule has 1 aromatic carbocycles. The third kappa shape index (κ3) is 6.13. The summed E-state index contributed by atoms with van der Waals surface area (Å²) >= 11 is 6.45. The highest BCUT2D eigenvalue weighted by atomic mass is 35.5. The van der Waals surface area contributed by atoms with Crippen LogP contribution in [-0.4, -0.2) is 68.4 Å². The lowest BCUT2D eigenvalue weighted by Crippen LogP contribution is -2.43. The van der Waals surface area contributed by atoms with Crippen molar-refractivity contribution in [1.29, 1.82) is 0 Å². The van der Waals surface area contributed by atoms with Crippen LogP contribution >= 0.6 is 11.6 Å². The number of imidazole rings is 1. The van der Waals surface area contributed by atoms with E-state index < -0.39 is 15.8 Å². The molecule has 0 saturated carbocycles. The zero-order chi connectivity index (χ0) is 27.6. The number of benzene rings is 1. The maximum atomic E-state index is 13.3. The molecule has 0 amide bonds. The molecule has 1 fully saturated rings. The van der Waals surface area contributed by atoms with E-state index in [2.05, 4.69) is 25.1 Å². The number of rotatable bonds is 9. The number of methoxy groups -OCH3 is 1. The molecule has 13 heteroatoms. The van der Waals surface area contributed by atoms with Gasteiger partial charge in [-0.15, -0.1) is 10.2 Å². The van der Waals surface area contributed by atoms with Gasteiger partial charge in [0.25, 0.3) is 0 Å². The van der Waals surface area contributed by atoms with Crippen molar-refractivity contribution in [3.8, 4) is 17.3 Å². The first kappa shape index (κ1) is 27.2. The smallest absolute Gasteiger partial charge is 0.214 e. The van der Waals surface area contributed by atoms with Gasteiger partial charge in [0.15, 0.2) is 11.0 Å². The number of pyridine rings is 1. The van der Waals surface area contributed by atoms with Gasteiger partial charge in [0, 0.05) is 25.4 Å². The summed E-state index contributed by atoms with van der Waals surface area (Å²) in [7, 11) is -1.90. The topological polar surface area (TPSA) is 119 Å². The van der Waals surface area contributed by atoms with Gasteiger partial charge in [-0.2, -0.15) is 0 Å². The lowest BCUT2D eigenvalue weighted by Gasteiger charge is -2.35. The fourth-order valence-electron chi connectivity index (χ4n) is 4.92. The fourth-order valence-corrected chi connectivity index (χ4v) is 6.74. The first-order valence-electron chi connectivity index (χ1n) is 12.6. The summed E-state index contributed by atoms with van der Waals surface area (Å²) in [5.41, 5.74) is 2.26. The van der Waals surface area contributed by atoms with Crippen molar-refractivity contribution in [3.63, 3.8) is 0 Å². The number of aromatic nitrogens is 6. The SMILES string of the molecule is COc1ccc(Cn2cnnc2CCS(=O)(=O)N2CC[C@@H](c3[nH]c(-c4ccc(F)cn4)nc3Cl)[C@@H](C)C2)cc1. The third-order valence-electron chi connectivity index (χ3n) is 7.08. The predicted octanol–water partition coefficient (Wildman–Crippen LogP) is 3.91. The Balaban J connectivity index is 1.21. The van der Waals surface area contributed by atoms with Crippen LogP contribution in [0.3, 0.4) is 0 Å². The monoisotopic (exact) mass is 573 g/mol. The van der Waals surface area contributed by atoms with Gasteiger partial charge in [0.2, 0.25) is 10.0 Å². The molecular formula is C26H29ClFN7O3S. The summed E-state index contributed by atoms with van der Waals surface area (Å²) in [6, 6.07) is 10.5. The maximum Gasteiger partial charge on any atom is 0.214 e. The minimum absolute atomic E-state index is 0.000716. The maximum absolute atomic E-state index is 13.3. The van der Waals surface area contributed by atoms with Crippen LogP contribution in [0.4, 0.5) is 4.39 Å². The average molecular weight is 574 g/mol. The Kier molecular flexibility index (Phi) is 7.96. The van der Waals surface area contributed by atoms with Crippen molar-refractivity contribution < 1.29 is 17.5 Å². The normalized spacial score (nSPS) is 18.4. The molecule has 0 spiro atoms. The van der Waals surface area contributed by atoms with Crippen molar-refractivity contribution >= 4 is 21.6 Å². The predicted molar refractivity (Wildman–Crippen MR) is 144 cm³/mol. The Morgan fingerprint density at radius 2 is 2.00 bits per heavy atom. The second-order valence-electron chi connectivity index (χ2n) is 9.67. The lowest BCUT2D eigenvalue weighted by molar-refractivity contribution is 0.246. The molecule has 10 nitrogen and oxygen atoms in total. The van der Waals surface area contributed by atoms with Gasteiger partial charge in [-0.05, 0) is 42.2 Å². The van der Waals surface area contributed by atoms with E-state index in [0.717, 1.165) is 23.2 Å². The molecule has 206 valence electrons. The van der Waals surface area contributed by atoms with Crippen molar-refractivity contribution in [1.82, 2.24) is 34.0 Å². The number of piperidine rings is 1. The van der Waals surface area contributed by atoms with E-state index >= 15 is 0 Å². The van der Waals surface area contributed by atoms with E-state index in [9.17, 15) is 12.8 Å². The molecule has 0 radical (unpaired) electrons. The highest BCUT2D eigenvalue weighted by Gasteiger charge is 2.35. The zero-order valence-corrected chi connectivity index (χ0v) is 23.2. The standard InChI is InChI=1S/C26H29ClFN7O3S/c1-17-14-35(11-9-21(17)24-25(27)32-26(31-24)22-8-5-19(28)13-29-22)39(36,37)12-10-23-33-30-16-34(23)15-18-3-6-20(38-2)7-4-18/h3-8,13,16-17,21H,9-12,14-15H2,1-2H3,(H,31,32)/t17-,21+/m0/s1. The van der Waals surface area contributed by atoms with Crippen LogP contribution in [0.5, 0.6) is 5.75 Å². The van der Waals surface area contributed by atoms with Crippen LogP contribution in [0.15, 0.2) is 48.9 Å². The molecule has 1 aliphatic heterocycles. The zero-order valence-electron chi connectivity index (χ0n) is 21.6. The lowest BCUT2D eigenvalue weighted by atomic mass is 9.86. The van der Waals surface area contributed by atoms with E-state index in [0.29, 0.717) is 48.6 Å². The molecule has 1 saturated heterocycles. The molecule has 3 aromatic heterocycles. The number of ether oxygens (including phenoxy) is 1. The van der Waals surface area contributed by atoms with Crippen LogP contribution < -0.4 is 4.74 Å². The van der Waals surface area contributed by atoms with E-state index in [1.807, 2.05) is 35.8 Å². The van der Waals surface area contributed by atoms with E-state index in [1.54, 1.807) is 17.7 Å². The number of hydrogen-bond donors (Lipinski definition) is 1. The van der Waals surface area contributed by atoms with Crippen LogP contribution in [-0.2, 0) is 23.0 Å². The second kappa shape index (κ2) is 11.4. The number of aryl methyl sites for hydroxylation is 1. The Morgan fingerprint density at radius 1 is 1.21 bits per heavy atom. The molecule has 1 aliphatic rings. The summed E-state index contributed by atoms with van der Waals surface area (Å²) in [5, 5.41) is 8.47. The van der Waals surface area contributed by atoms with Crippen LogP contribution in [0.1, 0.15) is 36.3 Å². The second-order valence-corrected chi connectivity index (χ2v) is 12.1. The van der Waals surface area contributed by atoms with Crippen molar-refractivity contribution in [2.75, 3.05) is 26.0 Å². The fraction of sp³-hybridized carbons (Fsp3) is 0.385. The first-order valence-corrected chi connectivity index (χ1v) is 14.6. The number of aromatic amines is 1. The Hall–Kier alpha value is -3.35. The van der Waals surface area contributed by atoms with Crippen molar-refractivity contribution in [2.24, 2.45) is 5.92 Å². The molecule has 39 heavy (non-hydrogen) atoms. The quantitative estimate of drug-likeness (QED) is 0.322. The molecule has 2 atom stereocenters. The molecule has 0 unspecified atom stereocenters. The number of H-pyrrole nitrogens is 1. The van der Waals surface area contributed by atoms with Crippen molar-refractivity contribution in [3.05, 3.63) is 77.0 Å². The molecule has 4 heterocycles. The molecule has 5 rings (SSSR count). The summed E-state index contributed by atoms with van der Waals surface area (Å²) in [4.78, 5) is 11.6. The summed E-state index contributed by atoms with van der Waals surface area (Å²) in [6.07, 6.45) is 3.59. The molecule has 4 aromatic rings. The average Bonchev–Trinajstić information content (AvgIpc) is 3.54.